The highest BCUT2D eigenvalue weighted by Crippen LogP contribution is 2.16. The molecule has 4 nitrogen and oxygen atoms in total. The van der Waals surface area contributed by atoms with Gasteiger partial charge in [0.1, 0.15) is 0 Å². The van der Waals surface area contributed by atoms with Crippen molar-refractivity contribution >= 4 is 0 Å². The number of nitrogens with zero attached hydrogens (tertiary/aromatic N) is 1. The monoisotopic (exact) mass is 224 g/mol. The molecule has 0 spiro atoms. The van der Waals surface area contributed by atoms with E-state index in [4.69, 9.17) is 15.2 Å². The summed E-state index contributed by atoms with van der Waals surface area (Å²) in [5.41, 5.74) is 6.35. The van der Waals surface area contributed by atoms with Crippen LogP contribution >= 0.6 is 0 Å². The number of hydrogen-bond acceptors (Lipinski definition) is 4. The quantitative estimate of drug-likeness (QED) is 0.799. The second-order valence-corrected chi connectivity index (χ2v) is 4.23. The zero-order valence-electron chi connectivity index (χ0n) is 10.2. The third kappa shape index (κ3) is 3.79. The van der Waals surface area contributed by atoms with E-state index in [1.807, 2.05) is 26.0 Å². The van der Waals surface area contributed by atoms with Crippen LogP contribution in [0.5, 0.6) is 5.88 Å². The predicted octanol–water partition coefficient (Wildman–Crippen LogP) is 1.73. The zero-order valence-corrected chi connectivity index (χ0v) is 10.2. The maximum atomic E-state index is 5.59. The largest absolute Gasteiger partial charge is 0.477 e. The summed E-state index contributed by atoms with van der Waals surface area (Å²) in [6.45, 7) is 5.07. The van der Waals surface area contributed by atoms with Gasteiger partial charge in [0.25, 0.3) is 0 Å². The van der Waals surface area contributed by atoms with Crippen LogP contribution < -0.4 is 10.5 Å². The lowest BCUT2D eigenvalue weighted by Gasteiger charge is -2.22. The molecular weight excluding hydrogens is 204 g/mol. The third-order valence-corrected chi connectivity index (χ3v) is 2.57. The van der Waals surface area contributed by atoms with Crippen LogP contribution in [-0.4, -0.2) is 24.3 Å². The first kappa shape index (κ1) is 12.9. The molecular formula is C12H20N2O2. The van der Waals surface area contributed by atoms with Crippen molar-refractivity contribution in [2.75, 3.05) is 13.7 Å². The van der Waals surface area contributed by atoms with Crippen molar-refractivity contribution in [3.05, 3.63) is 23.9 Å². The van der Waals surface area contributed by atoms with Crippen LogP contribution in [0.4, 0.5) is 0 Å². The summed E-state index contributed by atoms with van der Waals surface area (Å²) in [5, 5.41) is 0. The van der Waals surface area contributed by atoms with Gasteiger partial charge in [-0.1, -0.05) is 6.07 Å². The second kappa shape index (κ2) is 5.82. The van der Waals surface area contributed by atoms with Gasteiger partial charge in [0.05, 0.1) is 12.2 Å². The molecule has 90 valence electrons. The fraction of sp³-hybridized carbons (Fsp3) is 0.583. The molecule has 2 N–H and O–H groups in total. The Bertz CT molecular complexity index is 327. The molecule has 0 radical (unpaired) electrons. The van der Waals surface area contributed by atoms with E-state index in [-0.39, 0.29) is 5.60 Å². The van der Waals surface area contributed by atoms with Crippen LogP contribution in [0.25, 0.3) is 0 Å². The van der Waals surface area contributed by atoms with Gasteiger partial charge in [-0.05, 0) is 19.9 Å². The predicted molar refractivity (Wildman–Crippen MR) is 63.3 cm³/mol. The lowest BCUT2D eigenvalue weighted by molar-refractivity contribution is 0.00500. The Hall–Kier alpha value is -1.13. The van der Waals surface area contributed by atoms with E-state index in [0.29, 0.717) is 19.0 Å². The van der Waals surface area contributed by atoms with Gasteiger partial charge in [0.2, 0.25) is 5.88 Å². The SMILES string of the molecule is COC(C)(C)CCOc1ncccc1CN. The average molecular weight is 224 g/mol. The number of rotatable bonds is 6. The average Bonchev–Trinajstić information content (AvgIpc) is 2.29. The Labute approximate surface area is 96.8 Å². The highest BCUT2D eigenvalue weighted by atomic mass is 16.5. The van der Waals surface area contributed by atoms with E-state index < -0.39 is 0 Å². The van der Waals surface area contributed by atoms with E-state index in [1.165, 1.54) is 0 Å². The molecule has 0 aliphatic heterocycles. The Balaban J connectivity index is 2.49. The second-order valence-electron chi connectivity index (χ2n) is 4.23. The first-order chi connectivity index (χ1) is 7.59. The van der Waals surface area contributed by atoms with E-state index >= 15 is 0 Å². The first-order valence-corrected chi connectivity index (χ1v) is 5.41. The van der Waals surface area contributed by atoms with Crippen LogP contribution in [0.1, 0.15) is 25.8 Å². The number of ether oxygens (including phenoxy) is 2. The third-order valence-electron chi connectivity index (χ3n) is 2.57. The number of hydrogen-bond donors (Lipinski definition) is 1. The highest BCUT2D eigenvalue weighted by molar-refractivity contribution is 5.24. The summed E-state index contributed by atoms with van der Waals surface area (Å²) in [4.78, 5) is 4.15. The van der Waals surface area contributed by atoms with Crippen LogP contribution in [0.15, 0.2) is 18.3 Å². The number of pyridine rings is 1. The van der Waals surface area contributed by atoms with Gasteiger partial charge in [-0.15, -0.1) is 0 Å². The molecule has 1 heterocycles. The van der Waals surface area contributed by atoms with Crippen LogP contribution in [0, 0.1) is 0 Å². The van der Waals surface area contributed by atoms with Gasteiger partial charge >= 0.3 is 0 Å². The normalized spacial score (nSPS) is 11.5. The minimum atomic E-state index is -0.169. The van der Waals surface area contributed by atoms with E-state index in [0.717, 1.165) is 12.0 Å². The molecule has 4 heteroatoms. The molecule has 0 aliphatic rings. The molecule has 1 rings (SSSR count). The Morgan fingerprint density at radius 2 is 2.19 bits per heavy atom. The lowest BCUT2D eigenvalue weighted by Crippen LogP contribution is -2.25. The van der Waals surface area contributed by atoms with Gasteiger partial charge in [-0.3, -0.25) is 0 Å². The van der Waals surface area contributed by atoms with Crippen molar-refractivity contribution in [2.45, 2.75) is 32.4 Å². The van der Waals surface area contributed by atoms with Crippen molar-refractivity contribution < 1.29 is 9.47 Å². The Morgan fingerprint density at radius 3 is 2.81 bits per heavy atom. The Morgan fingerprint density at radius 1 is 1.44 bits per heavy atom. The molecule has 0 unspecified atom stereocenters. The van der Waals surface area contributed by atoms with E-state index in [2.05, 4.69) is 4.98 Å². The summed E-state index contributed by atoms with van der Waals surface area (Å²) < 4.78 is 10.9. The molecule has 1 aromatic heterocycles. The minimum Gasteiger partial charge on any atom is -0.477 e. The molecule has 0 atom stereocenters. The zero-order chi connectivity index (χ0) is 12.0. The van der Waals surface area contributed by atoms with Crippen LogP contribution in [0.2, 0.25) is 0 Å². The number of methoxy groups -OCH3 is 1. The fourth-order valence-corrected chi connectivity index (χ4v) is 1.20. The summed E-state index contributed by atoms with van der Waals surface area (Å²) >= 11 is 0. The summed E-state index contributed by atoms with van der Waals surface area (Å²) in [6.07, 6.45) is 2.51. The standard InChI is InChI=1S/C12H20N2O2/c1-12(2,15-3)6-8-16-11-10(9-13)5-4-7-14-11/h4-5,7H,6,8-9,13H2,1-3H3. The van der Waals surface area contributed by atoms with Crippen LogP contribution in [0.3, 0.4) is 0 Å². The van der Waals surface area contributed by atoms with Gasteiger partial charge in [0.15, 0.2) is 0 Å². The first-order valence-electron chi connectivity index (χ1n) is 5.41. The lowest BCUT2D eigenvalue weighted by atomic mass is 10.1. The van der Waals surface area contributed by atoms with E-state index in [1.54, 1.807) is 13.3 Å². The van der Waals surface area contributed by atoms with Gasteiger partial charge in [-0.25, -0.2) is 4.98 Å². The van der Waals surface area contributed by atoms with E-state index in [9.17, 15) is 0 Å². The summed E-state index contributed by atoms with van der Waals surface area (Å²) in [7, 11) is 1.70. The van der Waals surface area contributed by atoms with Gasteiger partial charge < -0.3 is 15.2 Å². The number of aromatic nitrogens is 1. The molecule has 0 aliphatic carbocycles. The van der Waals surface area contributed by atoms with Crippen molar-refractivity contribution in [1.29, 1.82) is 0 Å². The summed E-state index contributed by atoms with van der Waals surface area (Å²) in [5.74, 6) is 0.622. The topological polar surface area (TPSA) is 57.4 Å². The minimum absolute atomic E-state index is 0.169. The maximum absolute atomic E-state index is 5.59. The Kier molecular flexibility index (Phi) is 4.71. The van der Waals surface area contributed by atoms with Crippen molar-refractivity contribution in [3.63, 3.8) is 0 Å². The molecule has 16 heavy (non-hydrogen) atoms. The smallest absolute Gasteiger partial charge is 0.217 e. The highest BCUT2D eigenvalue weighted by Gasteiger charge is 2.16. The number of nitrogens with two attached hydrogens (primary N) is 1. The summed E-state index contributed by atoms with van der Waals surface area (Å²) in [6, 6.07) is 3.78. The molecule has 0 saturated carbocycles. The van der Waals surface area contributed by atoms with Gasteiger partial charge in [-0.2, -0.15) is 0 Å². The molecule has 0 fully saturated rings. The molecule has 0 aromatic carbocycles. The van der Waals surface area contributed by atoms with Crippen molar-refractivity contribution in [1.82, 2.24) is 4.98 Å². The van der Waals surface area contributed by atoms with Crippen molar-refractivity contribution in [2.24, 2.45) is 5.73 Å². The maximum Gasteiger partial charge on any atom is 0.217 e. The molecule has 0 saturated heterocycles. The molecule has 1 aromatic rings. The van der Waals surface area contributed by atoms with Crippen molar-refractivity contribution in [3.8, 4) is 5.88 Å². The molecule has 0 bridgehead atoms. The fourth-order valence-electron chi connectivity index (χ4n) is 1.20. The molecule has 0 amide bonds. The van der Waals surface area contributed by atoms with Crippen LogP contribution in [-0.2, 0) is 11.3 Å². The van der Waals surface area contributed by atoms with Gasteiger partial charge in [0, 0.05) is 31.8 Å².